The van der Waals surface area contributed by atoms with Gasteiger partial charge in [0, 0.05) is 0 Å². The third-order valence-electron chi connectivity index (χ3n) is 5.07. The van der Waals surface area contributed by atoms with E-state index in [1.165, 1.54) is 0 Å². The summed E-state index contributed by atoms with van der Waals surface area (Å²) in [5.74, 6) is 0. The van der Waals surface area contributed by atoms with Gasteiger partial charge in [0.15, 0.2) is 0 Å². The quantitative estimate of drug-likeness (QED) is 0.683. The van der Waals surface area contributed by atoms with Crippen LogP contribution in [0.3, 0.4) is 0 Å². The first-order valence-electron chi connectivity index (χ1n) is 9.52. The minimum atomic E-state index is -3.68. The molecule has 142 valence electrons. The van der Waals surface area contributed by atoms with Crippen molar-refractivity contribution in [2.24, 2.45) is 0 Å². The molecule has 1 aliphatic heterocycles. The molecule has 0 unspecified atom stereocenters. The Morgan fingerprint density at radius 1 is 0.556 bits per heavy atom. The van der Waals surface area contributed by atoms with Crippen molar-refractivity contribution in [3.05, 3.63) is 81.4 Å². The number of allylic oxidation sites excluding steroid dienone is 2. The summed E-state index contributed by atoms with van der Waals surface area (Å²) in [6.45, 7) is 13.4. The summed E-state index contributed by atoms with van der Waals surface area (Å²) < 4.78 is 0. The summed E-state index contributed by atoms with van der Waals surface area (Å²) in [7, 11) is -7.64. The standard InChI is InChI=1S/C22H30O2Si3/c1-25(2,3)21-19(17-13-9-7-10-14-17)20(18-15-11-8-12-16-18)22(26(4,5)6)27(21,23)24/h7-16,23-24H,1-6H3. The third-order valence-corrected chi connectivity index (χ3v) is 17.1. The monoisotopic (exact) mass is 410 g/mol. The van der Waals surface area contributed by atoms with Crippen molar-refractivity contribution in [3.63, 3.8) is 0 Å². The molecule has 0 saturated heterocycles. The molecule has 0 radical (unpaired) electrons. The summed E-state index contributed by atoms with van der Waals surface area (Å²) in [4.78, 5) is 25.3. The first-order chi connectivity index (χ1) is 12.5. The molecule has 0 fully saturated rings. The van der Waals surface area contributed by atoms with Gasteiger partial charge in [-0.15, -0.1) is 0 Å². The van der Waals surface area contributed by atoms with Gasteiger partial charge in [-0.25, -0.2) is 0 Å². The van der Waals surface area contributed by atoms with Crippen molar-refractivity contribution in [2.45, 2.75) is 39.3 Å². The maximum absolute atomic E-state index is 11.7. The highest BCUT2D eigenvalue weighted by molar-refractivity contribution is 7.14. The fourth-order valence-electron chi connectivity index (χ4n) is 4.31. The van der Waals surface area contributed by atoms with Crippen molar-refractivity contribution < 1.29 is 9.59 Å². The van der Waals surface area contributed by atoms with Gasteiger partial charge in [-0.05, 0) is 31.9 Å². The second-order valence-electron chi connectivity index (χ2n) is 9.40. The lowest BCUT2D eigenvalue weighted by atomic mass is 9.95. The van der Waals surface area contributed by atoms with Crippen molar-refractivity contribution in [2.75, 3.05) is 0 Å². The van der Waals surface area contributed by atoms with Crippen molar-refractivity contribution in [1.82, 2.24) is 0 Å². The van der Waals surface area contributed by atoms with E-state index in [4.69, 9.17) is 0 Å². The number of hydrogen-bond donors (Lipinski definition) is 2. The van der Waals surface area contributed by atoms with Crippen molar-refractivity contribution >= 4 is 35.9 Å². The van der Waals surface area contributed by atoms with Crippen LogP contribution in [0.1, 0.15) is 11.1 Å². The Labute approximate surface area is 166 Å². The Kier molecular flexibility index (Phi) is 5.12. The largest absolute Gasteiger partial charge is 0.405 e. The zero-order valence-electron chi connectivity index (χ0n) is 17.2. The molecule has 5 heteroatoms. The van der Waals surface area contributed by atoms with Gasteiger partial charge in [0.1, 0.15) is 0 Å². The molecule has 0 saturated carbocycles. The van der Waals surface area contributed by atoms with Gasteiger partial charge in [0.25, 0.3) is 0 Å². The van der Waals surface area contributed by atoms with Crippen LogP contribution in [-0.2, 0) is 0 Å². The molecule has 2 nitrogen and oxygen atoms in total. The minimum absolute atomic E-state index is 0.970. The average molecular weight is 411 g/mol. The van der Waals surface area contributed by atoms with Crippen LogP contribution in [0.25, 0.3) is 11.1 Å². The Morgan fingerprint density at radius 3 is 1.11 bits per heavy atom. The Hall–Kier alpha value is -1.51. The number of benzene rings is 2. The van der Waals surface area contributed by atoms with E-state index < -0.39 is 24.7 Å². The van der Waals surface area contributed by atoms with Gasteiger partial charge in [-0.2, -0.15) is 0 Å². The summed E-state index contributed by atoms with van der Waals surface area (Å²) in [5, 5.41) is 0. The highest BCUT2D eigenvalue weighted by Crippen LogP contribution is 2.51. The molecule has 0 spiro atoms. The van der Waals surface area contributed by atoms with Gasteiger partial charge in [0.05, 0.1) is 16.1 Å². The normalized spacial score (nSPS) is 17.6. The molecule has 2 aromatic carbocycles. The van der Waals surface area contributed by atoms with E-state index in [-0.39, 0.29) is 0 Å². The second kappa shape index (κ2) is 6.83. The summed E-state index contributed by atoms with van der Waals surface area (Å²) in [5.41, 5.74) is 4.38. The number of hydrogen-bond acceptors (Lipinski definition) is 2. The molecule has 27 heavy (non-hydrogen) atoms. The molecule has 0 aromatic heterocycles. The smallest absolute Gasteiger partial charge is 0.386 e. The lowest BCUT2D eigenvalue weighted by Crippen LogP contribution is -2.53. The van der Waals surface area contributed by atoms with Gasteiger partial charge < -0.3 is 9.59 Å². The van der Waals surface area contributed by atoms with E-state index >= 15 is 0 Å². The van der Waals surface area contributed by atoms with Crippen molar-refractivity contribution in [3.8, 4) is 0 Å². The van der Waals surface area contributed by atoms with Gasteiger partial charge in [0.2, 0.25) is 0 Å². The van der Waals surface area contributed by atoms with E-state index in [0.717, 1.165) is 31.9 Å². The summed E-state index contributed by atoms with van der Waals surface area (Å²) in [6.07, 6.45) is 0. The third kappa shape index (κ3) is 3.62. The topological polar surface area (TPSA) is 40.5 Å². The SMILES string of the molecule is C[Si](C)(C)C1=C(c2ccccc2)C(c2ccccc2)=C([Si](C)(C)C)[Si]1(O)O. The highest BCUT2D eigenvalue weighted by Gasteiger charge is 2.56. The van der Waals surface area contributed by atoms with Crippen LogP contribution in [0, 0.1) is 0 Å². The summed E-state index contributed by atoms with van der Waals surface area (Å²) in [6, 6.07) is 20.6. The van der Waals surface area contributed by atoms with E-state index in [1.54, 1.807) is 0 Å². The minimum Gasteiger partial charge on any atom is -0.405 e. The fraction of sp³-hybridized carbons (Fsp3) is 0.273. The predicted molar refractivity (Wildman–Crippen MR) is 124 cm³/mol. The van der Waals surface area contributed by atoms with Gasteiger partial charge in [-0.1, -0.05) is 99.9 Å². The zero-order valence-corrected chi connectivity index (χ0v) is 20.2. The molecular weight excluding hydrogens is 380 g/mol. The molecule has 0 aliphatic carbocycles. The van der Waals surface area contributed by atoms with Gasteiger partial charge >= 0.3 is 8.56 Å². The van der Waals surface area contributed by atoms with Crippen LogP contribution in [-0.4, -0.2) is 34.3 Å². The Bertz CT molecular complexity index is 825. The molecule has 2 N–H and O–H groups in total. The molecular formula is C22H30O2Si3. The first-order valence-corrected chi connectivity index (χ1v) is 18.4. The first kappa shape index (κ1) is 20.2. The maximum atomic E-state index is 11.7. The van der Waals surface area contributed by atoms with E-state index in [2.05, 4.69) is 63.5 Å². The lowest BCUT2D eigenvalue weighted by Gasteiger charge is -2.33. The molecule has 1 aliphatic rings. The molecule has 0 bridgehead atoms. The average Bonchev–Trinajstić information content (AvgIpc) is 2.84. The van der Waals surface area contributed by atoms with Gasteiger partial charge in [-0.3, -0.25) is 0 Å². The molecule has 0 atom stereocenters. The predicted octanol–water partition coefficient (Wildman–Crippen LogP) is 5.17. The summed E-state index contributed by atoms with van der Waals surface area (Å²) >= 11 is 0. The number of rotatable bonds is 4. The Morgan fingerprint density at radius 2 is 0.852 bits per heavy atom. The van der Waals surface area contributed by atoms with Crippen molar-refractivity contribution in [1.29, 1.82) is 0 Å². The second-order valence-corrected chi connectivity index (χ2v) is 22.7. The molecule has 0 amide bonds. The van der Waals surface area contributed by atoms with Crippen LogP contribution in [0.15, 0.2) is 70.3 Å². The Balaban J connectivity index is 2.48. The zero-order chi connectivity index (χ0) is 20.0. The maximum Gasteiger partial charge on any atom is 0.386 e. The van der Waals surface area contributed by atoms with Crippen LogP contribution in [0.2, 0.25) is 39.3 Å². The highest BCUT2D eigenvalue weighted by atomic mass is 28.4. The van der Waals surface area contributed by atoms with Crippen LogP contribution >= 0.6 is 0 Å². The lowest BCUT2D eigenvalue weighted by molar-refractivity contribution is 0.394. The fourth-order valence-corrected chi connectivity index (χ4v) is 17.3. The van der Waals surface area contributed by atoms with Crippen LogP contribution in [0.4, 0.5) is 0 Å². The van der Waals surface area contributed by atoms with E-state index in [1.807, 2.05) is 36.4 Å². The van der Waals surface area contributed by atoms with E-state index in [9.17, 15) is 9.59 Å². The van der Waals surface area contributed by atoms with Crippen LogP contribution in [0.5, 0.6) is 0 Å². The molecule has 3 rings (SSSR count). The van der Waals surface area contributed by atoms with E-state index in [0.29, 0.717) is 0 Å². The molecule has 2 aromatic rings. The van der Waals surface area contributed by atoms with Crippen LogP contribution < -0.4 is 0 Å². The molecule has 1 heterocycles.